The molecule has 0 amide bonds. The van der Waals surface area contributed by atoms with Crippen molar-refractivity contribution in [3.8, 4) is 0 Å². The van der Waals surface area contributed by atoms with Gasteiger partial charge in [0.2, 0.25) is 0 Å². The van der Waals surface area contributed by atoms with Crippen molar-refractivity contribution in [1.29, 1.82) is 0 Å². The summed E-state index contributed by atoms with van der Waals surface area (Å²) < 4.78 is 0. The van der Waals surface area contributed by atoms with E-state index in [1.807, 2.05) is 0 Å². The minimum Gasteiger partial charge on any atom is -0.303 e. The molecule has 3 unspecified atom stereocenters. The molecule has 1 nitrogen and oxygen atoms in total. The quantitative estimate of drug-likeness (QED) is 0.656. The molecule has 1 fully saturated rings. The van der Waals surface area contributed by atoms with E-state index in [1.165, 1.54) is 51.7 Å². The second-order valence-corrected chi connectivity index (χ2v) is 6.98. The zero-order valence-electron chi connectivity index (χ0n) is 13.4. The standard InChI is InChI=1S/C17H35N/c1-14(2)16(4)17(5)15(3)10-13-18-11-8-6-7-9-12-18/h14-17H,6-13H2,1-5H3. The third-order valence-corrected chi connectivity index (χ3v) is 5.38. The Morgan fingerprint density at radius 3 is 1.83 bits per heavy atom. The molecule has 1 heteroatoms. The summed E-state index contributed by atoms with van der Waals surface area (Å²) in [6, 6.07) is 0. The average molecular weight is 253 g/mol. The Bertz CT molecular complexity index is 204. The first-order valence-electron chi connectivity index (χ1n) is 8.24. The lowest BCUT2D eigenvalue weighted by atomic mass is 9.78. The molecule has 1 saturated heterocycles. The molecule has 0 aromatic rings. The molecule has 0 aliphatic carbocycles. The predicted octanol–water partition coefficient (Wildman–Crippen LogP) is 4.82. The third kappa shape index (κ3) is 5.30. The van der Waals surface area contributed by atoms with Crippen LogP contribution in [0.25, 0.3) is 0 Å². The van der Waals surface area contributed by atoms with Gasteiger partial charge < -0.3 is 4.90 Å². The van der Waals surface area contributed by atoms with Gasteiger partial charge in [-0.05, 0) is 62.6 Å². The van der Waals surface area contributed by atoms with Crippen LogP contribution in [0.1, 0.15) is 66.7 Å². The van der Waals surface area contributed by atoms with Crippen LogP contribution in [0.3, 0.4) is 0 Å². The van der Waals surface area contributed by atoms with E-state index in [-0.39, 0.29) is 0 Å². The van der Waals surface area contributed by atoms with E-state index in [1.54, 1.807) is 0 Å². The summed E-state index contributed by atoms with van der Waals surface area (Å²) in [4.78, 5) is 2.70. The lowest BCUT2D eigenvalue weighted by Gasteiger charge is -2.30. The van der Waals surface area contributed by atoms with E-state index in [4.69, 9.17) is 0 Å². The Balaban J connectivity index is 2.28. The van der Waals surface area contributed by atoms with Crippen LogP contribution in [-0.4, -0.2) is 24.5 Å². The van der Waals surface area contributed by atoms with Gasteiger partial charge in [-0.2, -0.15) is 0 Å². The van der Waals surface area contributed by atoms with Crippen molar-refractivity contribution in [2.75, 3.05) is 19.6 Å². The summed E-state index contributed by atoms with van der Waals surface area (Å²) in [5.41, 5.74) is 0. The van der Waals surface area contributed by atoms with Gasteiger partial charge in [0.1, 0.15) is 0 Å². The van der Waals surface area contributed by atoms with Crippen LogP contribution in [-0.2, 0) is 0 Å². The Morgan fingerprint density at radius 2 is 1.33 bits per heavy atom. The maximum absolute atomic E-state index is 2.70. The number of likely N-dealkylation sites (tertiary alicyclic amines) is 1. The van der Waals surface area contributed by atoms with Gasteiger partial charge in [-0.3, -0.25) is 0 Å². The fourth-order valence-corrected chi connectivity index (χ4v) is 3.13. The monoisotopic (exact) mass is 253 g/mol. The second kappa shape index (κ2) is 8.19. The van der Waals surface area contributed by atoms with Gasteiger partial charge in [0.05, 0.1) is 0 Å². The first-order valence-corrected chi connectivity index (χ1v) is 8.24. The highest BCUT2D eigenvalue weighted by Crippen LogP contribution is 2.28. The SMILES string of the molecule is CC(C)C(C)C(C)C(C)CCN1CCCCCC1. The molecule has 0 aromatic heterocycles. The lowest BCUT2D eigenvalue weighted by molar-refractivity contribution is 0.187. The first-order chi connectivity index (χ1) is 8.52. The minimum atomic E-state index is 0.820. The fraction of sp³-hybridized carbons (Fsp3) is 1.00. The van der Waals surface area contributed by atoms with Crippen molar-refractivity contribution in [3.63, 3.8) is 0 Å². The Kier molecular flexibility index (Phi) is 7.29. The molecule has 0 aromatic carbocycles. The van der Waals surface area contributed by atoms with Crippen molar-refractivity contribution < 1.29 is 0 Å². The largest absolute Gasteiger partial charge is 0.303 e. The highest BCUT2D eigenvalue weighted by Gasteiger charge is 2.22. The van der Waals surface area contributed by atoms with E-state index in [9.17, 15) is 0 Å². The highest BCUT2D eigenvalue weighted by atomic mass is 15.1. The Morgan fingerprint density at radius 1 is 0.778 bits per heavy atom. The third-order valence-electron chi connectivity index (χ3n) is 5.38. The number of nitrogens with zero attached hydrogens (tertiary/aromatic N) is 1. The zero-order valence-corrected chi connectivity index (χ0v) is 13.4. The van der Waals surface area contributed by atoms with E-state index >= 15 is 0 Å². The van der Waals surface area contributed by atoms with E-state index in [0.29, 0.717) is 0 Å². The molecule has 0 N–H and O–H groups in total. The summed E-state index contributed by atoms with van der Waals surface area (Å²) in [6.45, 7) is 16.1. The second-order valence-electron chi connectivity index (χ2n) is 6.98. The maximum Gasteiger partial charge on any atom is -0.00161 e. The maximum atomic E-state index is 2.70. The summed E-state index contributed by atoms with van der Waals surface area (Å²) in [5.74, 6) is 3.40. The van der Waals surface area contributed by atoms with E-state index < -0.39 is 0 Å². The molecular formula is C17H35N. The average Bonchev–Trinajstić information content (AvgIpc) is 2.62. The van der Waals surface area contributed by atoms with Crippen molar-refractivity contribution >= 4 is 0 Å². The van der Waals surface area contributed by atoms with Crippen LogP contribution in [0.2, 0.25) is 0 Å². The van der Waals surface area contributed by atoms with Crippen LogP contribution in [0, 0.1) is 23.7 Å². The fourth-order valence-electron chi connectivity index (χ4n) is 3.13. The van der Waals surface area contributed by atoms with Crippen LogP contribution >= 0.6 is 0 Å². The Hall–Kier alpha value is -0.0400. The molecule has 1 rings (SSSR count). The predicted molar refractivity (Wildman–Crippen MR) is 81.9 cm³/mol. The molecule has 1 heterocycles. The smallest absolute Gasteiger partial charge is 0.00161 e. The van der Waals surface area contributed by atoms with Gasteiger partial charge in [0.15, 0.2) is 0 Å². The number of hydrogen-bond donors (Lipinski definition) is 0. The number of hydrogen-bond acceptors (Lipinski definition) is 1. The summed E-state index contributed by atoms with van der Waals surface area (Å²) in [5, 5.41) is 0. The van der Waals surface area contributed by atoms with Gasteiger partial charge in [-0.1, -0.05) is 47.5 Å². The van der Waals surface area contributed by atoms with Gasteiger partial charge >= 0.3 is 0 Å². The molecule has 0 spiro atoms. The van der Waals surface area contributed by atoms with Crippen LogP contribution in [0.15, 0.2) is 0 Å². The molecule has 3 atom stereocenters. The first kappa shape index (κ1) is 16.0. The molecular weight excluding hydrogens is 218 g/mol. The Labute approximate surface area is 115 Å². The molecule has 0 bridgehead atoms. The summed E-state index contributed by atoms with van der Waals surface area (Å²) in [7, 11) is 0. The molecule has 108 valence electrons. The number of rotatable bonds is 6. The topological polar surface area (TPSA) is 3.24 Å². The van der Waals surface area contributed by atoms with Crippen molar-refractivity contribution in [1.82, 2.24) is 4.90 Å². The van der Waals surface area contributed by atoms with Crippen molar-refractivity contribution in [3.05, 3.63) is 0 Å². The molecule has 0 saturated carbocycles. The molecule has 18 heavy (non-hydrogen) atoms. The van der Waals surface area contributed by atoms with E-state index in [0.717, 1.165) is 23.7 Å². The van der Waals surface area contributed by atoms with Crippen molar-refractivity contribution in [2.45, 2.75) is 66.7 Å². The zero-order chi connectivity index (χ0) is 13.5. The molecule has 1 aliphatic heterocycles. The summed E-state index contributed by atoms with van der Waals surface area (Å²) in [6.07, 6.45) is 7.14. The minimum absolute atomic E-state index is 0.820. The summed E-state index contributed by atoms with van der Waals surface area (Å²) >= 11 is 0. The van der Waals surface area contributed by atoms with Gasteiger partial charge in [0, 0.05) is 0 Å². The van der Waals surface area contributed by atoms with Gasteiger partial charge in [-0.15, -0.1) is 0 Å². The van der Waals surface area contributed by atoms with Crippen molar-refractivity contribution in [2.24, 2.45) is 23.7 Å². The van der Waals surface area contributed by atoms with Crippen LogP contribution < -0.4 is 0 Å². The van der Waals surface area contributed by atoms with Gasteiger partial charge in [0.25, 0.3) is 0 Å². The van der Waals surface area contributed by atoms with Gasteiger partial charge in [-0.25, -0.2) is 0 Å². The van der Waals surface area contributed by atoms with E-state index in [2.05, 4.69) is 39.5 Å². The highest BCUT2D eigenvalue weighted by molar-refractivity contribution is 4.72. The molecule has 0 radical (unpaired) electrons. The van der Waals surface area contributed by atoms with Crippen LogP contribution in [0.5, 0.6) is 0 Å². The normalized spacial score (nSPS) is 23.7. The van der Waals surface area contributed by atoms with Crippen LogP contribution in [0.4, 0.5) is 0 Å². The lowest BCUT2D eigenvalue weighted by Crippen LogP contribution is -2.29. The molecule has 1 aliphatic rings.